The van der Waals surface area contributed by atoms with Gasteiger partial charge in [0.15, 0.2) is 0 Å². The molecule has 0 aliphatic rings. The topological polar surface area (TPSA) is 17.3 Å². The maximum absolute atomic E-state index is 5.96. The molecule has 2 aromatic heterocycles. The molecule has 0 atom stereocenters. The molecule has 2 heterocycles. The summed E-state index contributed by atoms with van der Waals surface area (Å²) >= 11 is 5.96. The van der Waals surface area contributed by atoms with Crippen LogP contribution in [0.25, 0.3) is 5.65 Å². The number of pyridine rings is 1. The molecule has 0 spiro atoms. The number of hydrogen-bond donors (Lipinski definition) is 0. The van der Waals surface area contributed by atoms with Gasteiger partial charge >= 0.3 is 0 Å². The van der Waals surface area contributed by atoms with Crippen LogP contribution in [-0.4, -0.2) is 9.38 Å². The quantitative estimate of drug-likeness (QED) is 0.680. The molecule has 0 unspecified atom stereocenters. The minimum atomic E-state index is 0.724. The average Bonchev–Trinajstić information content (AvgIpc) is 2.73. The van der Waals surface area contributed by atoms with Gasteiger partial charge in [-0.05, 0) is 30.2 Å². The lowest BCUT2D eigenvalue weighted by Crippen LogP contribution is -1.91. The number of nitrogens with zero attached hydrogens (tertiary/aromatic N) is 2. The highest BCUT2D eigenvalue weighted by atomic mass is 35.5. The van der Waals surface area contributed by atoms with Gasteiger partial charge in [-0.25, -0.2) is 4.98 Å². The largest absolute Gasteiger partial charge is 0.305 e. The van der Waals surface area contributed by atoms with Gasteiger partial charge in [0.25, 0.3) is 0 Å². The zero-order valence-corrected chi connectivity index (χ0v) is 10.9. The highest BCUT2D eigenvalue weighted by molar-refractivity contribution is 6.30. The van der Waals surface area contributed by atoms with Gasteiger partial charge in [0.2, 0.25) is 0 Å². The Morgan fingerprint density at radius 2 is 1.94 bits per heavy atom. The van der Waals surface area contributed by atoms with Crippen LogP contribution < -0.4 is 0 Å². The molecule has 3 aromatic rings. The highest BCUT2D eigenvalue weighted by Gasteiger charge is 2.04. The number of rotatable bonds is 2. The molecule has 1 aromatic carbocycles. The van der Waals surface area contributed by atoms with Crippen LogP contribution in [0.1, 0.15) is 16.8 Å². The first-order chi connectivity index (χ1) is 8.72. The standard InChI is InChI=1S/C15H13ClN2/c1-11-4-2-3-5-12(11)8-14-10-18-9-13(16)6-7-15(18)17-14/h2-7,9-10H,8H2,1H3. The molecule has 90 valence electrons. The Kier molecular flexibility index (Phi) is 2.80. The summed E-state index contributed by atoms with van der Waals surface area (Å²) in [5.41, 5.74) is 4.61. The van der Waals surface area contributed by atoms with E-state index in [-0.39, 0.29) is 0 Å². The van der Waals surface area contributed by atoms with Gasteiger partial charge in [-0.1, -0.05) is 35.9 Å². The van der Waals surface area contributed by atoms with E-state index in [0.717, 1.165) is 22.8 Å². The lowest BCUT2D eigenvalue weighted by Gasteiger charge is -2.01. The van der Waals surface area contributed by atoms with Crippen LogP contribution in [0.5, 0.6) is 0 Å². The third kappa shape index (κ3) is 2.12. The number of aryl methyl sites for hydroxylation is 1. The fourth-order valence-corrected chi connectivity index (χ4v) is 2.27. The maximum atomic E-state index is 5.96. The Labute approximate surface area is 111 Å². The molecule has 0 amide bonds. The van der Waals surface area contributed by atoms with Crippen LogP contribution >= 0.6 is 11.6 Å². The average molecular weight is 257 g/mol. The number of fused-ring (bicyclic) bond motifs is 1. The summed E-state index contributed by atoms with van der Waals surface area (Å²) in [7, 11) is 0. The van der Waals surface area contributed by atoms with E-state index in [2.05, 4.69) is 36.2 Å². The summed E-state index contributed by atoms with van der Waals surface area (Å²) < 4.78 is 1.97. The Balaban J connectivity index is 1.98. The van der Waals surface area contributed by atoms with Crippen LogP contribution in [0.3, 0.4) is 0 Å². The summed E-state index contributed by atoms with van der Waals surface area (Å²) in [5.74, 6) is 0. The van der Waals surface area contributed by atoms with Crippen LogP contribution in [0, 0.1) is 6.92 Å². The maximum Gasteiger partial charge on any atom is 0.137 e. The molecule has 0 N–H and O–H groups in total. The van der Waals surface area contributed by atoms with Crippen molar-refractivity contribution < 1.29 is 0 Å². The first-order valence-electron chi connectivity index (χ1n) is 5.90. The number of hydrogen-bond acceptors (Lipinski definition) is 1. The van der Waals surface area contributed by atoms with Crippen molar-refractivity contribution in [2.75, 3.05) is 0 Å². The zero-order chi connectivity index (χ0) is 12.5. The Hall–Kier alpha value is -1.80. The Bertz CT molecular complexity index is 701. The van der Waals surface area contributed by atoms with Crippen molar-refractivity contribution in [1.29, 1.82) is 0 Å². The van der Waals surface area contributed by atoms with Crippen molar-refractivity contribution >= 4 is 17.2 Å². The summed E-state index contributed by atoms with van der Waals surface area (Å²) in [4.78, 5) is 4.59. The van der Waals surface area contributed by atoms with Gasteiger partial charge in [0.1, 0.15) is 5.65 Å². The number of imidazole rings is 1. The predicted octanol–water partition coefficient (Wildman–Crippen LogP) is 3.89. The molecule has 0 aliphatic carbocycles. The molecule has 2 nitrogen and oxygen atoms in total. The fourth-order valence-electron chi connectivity index (χ4n) is 2.11. The first kappa shape index (κ1) is 11.3. The normalized spacial score (nSPS) is 11.0. The molecule has 0 saturated heterocycles. The van der Waals surface area contributed by atoms with E-state index in [1.165, 1.54) is 11.1 Å². The summed E-state index contributed by atoms with van der Waals surface area (Å²) in [6, 6.07) is 12.2. The van der Waals surface area contributed by atoms with Crippen LogP contribution in [0.15, 0.2) is 48.8 Å². The predicted molar refractivity (Wildman–Crippen MR) is 74.2 cm³/mol. The van der Waals surface area contributed by atoms with Crippen molar-refractivity contribution in [2.24, 2.45) is 0 Å². The second-order valence-electron chi connectivity index (χ2n) is 4.45. The third-order valence-corrected chi connectivity index (χ3v) is 3.32. The minimum absolute atomic E-state index is 0.724. The van der Waals surface area contributed by atoms with Crippen molar-refractivity contribution in [1.82, 2.24) is 9.38 Å². The smallest absolute Gasteiger partial charge is 0.137 e. The highest BCUT2D eigenvalue weighted by Crippen LogP contribution is 2.16. The summed E-state index contributed by atoms with van der Waals surface area (Å²) in [5, 5.41) is 0.724. The van der Waals surface area contributed by atoms with Gasteiger partial charge in [-0.15, -0.1) is 0 Å². The van der Waals surface area contributed by atoms with Crippen LogP contribution in [0.4, 0.5) is 0 Å². The van der Waals surface area contributed by atoms with Crippen molar-refractivity contribution in [3.8, 4) is 0 Å². The van der Waals surface area contributed by atoms with Crippen molar-refractivity contribution in [3.05, 3.63) is 70.6 Å². The molecule has 0 bridgehead atoms. The molecule has 0 saturated carbocycles. The van der Waals surface area contributed by atoms with Gasteiger partial charge in [-0.2, -0.15) is 0 Å². The number of aromatic nitrogens is 2. The second-order valence-corrected chi connectivity index (χ2v) is 4.88. The van der Waals surface area contributed by atoms with Gasteiger partial charge < -0.3 is 4.40 Å². The van der Waals surface area contributed by atoms with Crippen LogP contribution in [0.2, 0.25) is 5.02 Å². The Morgan fingerprint density at radius 3 is 2.78 bits per heavy atom. The summed E-state index contributed by atoms with van der Waals surface area (Å²) in [6.07, 6.45) is 4.77. The fraction of sp³-hybridized carbons (Fsp3) is 0.133. The lowest BCUT2D eigenvalue weighted by atomic mass is 10.0. The number of benzene rings is 1. The van der Waals surface area contributed by atoms with E-state index in [1.807, 2.05) is 28.9 Å². The van der Waals surface area contributed by atoms with Gasteiger partial charge in [0.05, 0.1) is 10.7 Å². The van der Waals surface area contributed by atoms with Crippen molar-refractivity contribution in [3.63, 3.8) is 0 Å². The second kappa shape index (κ2) is 4.46. The molecule has 0 fully saturated rings. The molecular weight excluding hydrogens is 244 g/mol. The molecule has 3 heteroatoms. The van der Waals surface area contributed by atoms with E-state index < -0.39 is 0 Å². The van der Waals surface area contributed by atoms with Crippen molar-refractivity contribution in [2.45, 2.75) is 13.3 Å². The van der Waals surface area contributed by atoms with E-state index in [1.54, 1.807) is 0 Å². The van der Waals surface area contributed by atoms with E-state index in [9.17, 15) is 0 Å². The molecule has 0 radical (unpaired) electrons. The molecule has 0 aliphatic heterocycles. The third-order valence-electron chi connectivity index (χ3n) is 3.10. The van der Waals surface area contributed by atoms with E-state index in [0.29, 0.717) is 0 Å². The SMILES string of the molecule is Cc1ccccc1Cc1cn2cc(Cl)ccc2n1. The minimum Gasteiger partial charge on any atom is -0.305 e. The number of halogens is 1. The van der Waals surface area contributed by atoms with E-state index in [4.69, 9.17) is 11.6 Å². The lowest BCUT2D eigenvalue weighted by molar-refractivity contribution is 1.09. The van der Waals surface area contributed by atoms with Gasteiger partial charge in [-0.3, -0.25) is 0 Å². The zero-order valence-electron chi connectivity index (χ0n) is 10.1. The van der Waals surface area contributed by atoms with Gasteiger partial charge in [0, 0.05) is 18.8 Å². The first-order valence-corrected chi connectivity index (χ1v) is 6.28. The Morgan fingerprint density at radius 1 is 1.11 bits per heavy atom. The molecule has 3 rings (SSSR count). The summed E-state index contributed by atoms with van der Waals surface area (Å²) in [6.45, 7) is 2.13. The van der Waals surface area contributed by atoms with Crippen LogP contribution in [-0.2, 0) is 6.42 Å². The molecular formula is C15H13ClN2. The van der Waals surface area contributed by atoms with E-state index >= 15 is 0 Å². The monoisotopic (exact) mass is 256 g/mol. The molecule has 18 heavy (non-hydrogen) atoms.